The van der Waals surface area contributed by atoms with Crippen molar-refractivity contribution >= 4 is 39.5 Å². The Morgan fingerprint density at radius 2 is 0.567 bits per heavy atom. The number of rotatable bonds is 69. The van der Waals surface area contributed by atoms with Gasteiger partial charge >= 0.3 is 39.5 Å². The zero-order chi connectivity index (χ0) is 66.6. The van der Waals surface area contributed by atoms with Gasteiger partial charge in [0.05, 0.1) is 26.4 Å². The van der Waals surface area contributed by atoms with Gasteiger partial charge in [-0.25, -0.2) is 9.13 Å². The second-order valence-corrected chi connectivity index (χ2v) is 29.7. The average molecular weight is 1330 g/mol. The van der Waals surface area contributed by atoms with Crippen LogP contribution in [0.4, 0.5) is 0 Å². The minimum Gasteiger partial charge on any atom is -0.462 e. The highest BCUT2D eigenvalue weighted by molar-refractivity contribution is 7.47. The molecule has 0 aromatic rings. The predicted octanol–water partition coefficient (Wildman–Crippen LogP) is 20.2. The summed E-state index contributed by atoms with van der Waals surface area (Å²) in [7, 11) is -9.90. The van der Waals surface area contributed by atoms with E-state index in [4.69, 9.17) is 37.0 Å². The fourth-order valence-electron chi connectivity index (χ4n) is 10.7. The summed E-state index contributed by atoms with van der Waals surface area (Å²) in [5.41, 5.74) is 0. The minimum atomic E-state index is -4.95. The van der Waals surface area contributed by atoms with E-state index in [1.54, 1.807) is 0 Å². The molecule has 0 spiro atoms. The largest absolute Gasteiger partial charge is 0.472 e. The first-order chi connectivity index (χ1) is 43.3. The smallest absolute Gasteiger partial charge is 0.462 e. The third-order valence-electron chi connectivity index (χ3n) is 16.7. The lowest BCUT2D eigenvalue weighted by molar-refractivity contribution is -0.161. The maximum Gasteiger partial charge on any atom is 0.472 e. The molecule has 0 amide bonds. The Kier molecular flexibility index (Phi) is 60.6. The van der Waals surface area contributed by atoms with Gasteiger partial charge in [-0.1, -0.05) is 305 Å². The average Bonchev–Trinajstić information content (AvgIpc) is 3.66. The number of ether oxygens (including phenoxy) is 4. The maximum absolute atomic E-state index is 13.0. The second-order valence-electron chi connectivity index (χ2n) is 26.8. The lowest BCUT2D eigenvalue weighted by Gasteiger charge is -2.21. The second kappa shape index (κ2) is 61.9. The molecule has 0 aliphatic rings. The van der Waals surface area contributed by atoms with E-state index in [1.807, 2.05) is 0 Å². The zero-order valence-corrected chi connectivity index (χ0v) is 60.4. The van der Waals surface area contributed by atoms with Crippen molar-refractivity contribution in [3.63, 3.8) is 0 Å². The number of aliphatic hydroxyl groups excluding tert-OH is 1. The molecule has 0 saturated carbocycles. The van der Waals surface area contributed by atoms with Crippen molar-refractivity contribution in [1.29, 1.82) is 0 Å². The molecule has 0 saturated heterocycles. The fraction of sp³-hybridized carbons (Fsp3) is 0.944. The van der Waals surface area contributed by atoms with Crippen molar-refractivity contribution in [2.75, 3.05) is 39.6 Å². The number of aliphatic hydroxyl groups is 1. The highest BCUT2D eigenvalue weighted by Crippen LogP contribution is 2.45. The number of esters is 4. The van der Waals surface area contributed by atoms with E-state index in [9.17, 15) is 43.2 Å². The summed E-state index contributed by atoms with van der Waals surface area (Å²) in [6.45, 7) is 11.8. The molecule has 17 nitrogen and oxygen atoms in total. The van der Waals surface area contributed by atoms with Gasteiger partial charge in [-0.2, -0.15) is 0 Å². The van der Waals surface area contributed by atoms with Gasteiger partial charge in [-0.3, -0.25) is 37.3 Å². The van der Waals surface area contributed by atoms with Crippen LogP contribution in [0.25, 0.3) is 0 Å². The molecule has 0 heterocycles. The number of hydrogen-bond acceptors (Lipinski definition) is 15. The van der Waals surface area contributed by atoms with Crippen LogP contribution in [0, 0.1) is 17.8 Å². The molecular formula is C71H138O17P2. The number of carbonyl (C=O) groups excluding carboxylic acids is 4. The van der Waals surface area contributed by atoms with E-state index in [-0.39, 0.29) is 25.7 Å². The van der Waals surface area contributed by atoms with Crippen LogP contribution in [-0.4, -0.2) is 96.7 Å². The van der Waals surface area contributed by atoms with E-state index >= 15 is 0 Å². The molecule has 0 aliphatic heterocycles. The first-order valence-corrected chi connectivity index (χ1v) is 39.9. The molecule has 3 unspecified atom stereocenters. The number of phosphoric ester groups is 2. The van der Waals surface area contributed by atoms with E-state index in [2.05, 4.69) is 48.5 Å². The molecule has 534 valence electrons. The Hall–Kier alpha value is -1.94. The summed E-state index contributed by atoms with van der Waals surface area (Å²) in [4.78, 5) is 72.6. The van der Waals surface area contributed by atoms with E-state index in [0.717, 1.165) is 108 Å². The molecule has 0 bridgehead atoms. The van der Waals surface area contributed by atoms with Gasteiger partial charge < -0.3 is 33.8 Å². The number of carbonyl (C=O) groups is 4. The van der Waals surface area contributed by atoms with Crippen LogP contribution in [0.2, 0.25) is 0 Å². The highest BCUT2D eigenvalue weighted by atomic mass is 31.2. The van der Waals surface area contributed by atoms with Crippen LogP contribution in [0.5, 0.6) is 0 Å². The van der Waals surface area contributed by atoms with Crippen molar-refractivity contribution in [3.8, 4) is 0 Å². The Bertz CT molecular complexity index is 1770. The van der Waals surface area contributed by atoms with Gasteiger partial charge in [-0.05, 0) is 43.4 Å². The number of hydrogen-bond donors (Lipinski definition) is 3. The number of unbranched alkanes of at least 4 members (excludes halogenated alkanes) is 36. The molecule has 3 N–H and O–H groups in total. The molecule has 0 aromatic carbocycles. The molecular weight excluding hydrogens is 1190 g/mol. The molecule has 19 heteroatoms. The first-order valence-electron chi connectivity index (χ1n) is 36.9. The van der Waals surface area contributed by atoms with Crippen molar-refractivity contribution in [2.24, 2.45) is 17.8 Å². The van der Waals surface area contributed by atoms with Crippen molar-refractivity contribution in [2.45, 2.75) is 375 Å². The first kappa shape index (κ1) is 88.1. The lowest BCUT2D eigenvalue weighted by Crippen LogP contribution is -2.30. The molecule has 0 aromatic heterocycles. The normalized spacial score (nSPS) is 14.5. The Labute approximate surface area is 549 Å². The summed E-state index contributed by atoms with van der Waals surface area (Å²) >= 11 is 0. The molecule has 0 fully saturated rings. The van der Waals surface area contributed by atoms with Crippen molar-refractivity contribution in [1.82, 2.24) is 0 Å². The molecule has 0 aliphatic carbocycles. The van der Waals surface area contributed by atoms with Gasteiger partial charge in [0.2, 0.25) is 0 Å². The molecule has 90 heavy (non-hydrogen) atoms. The van der Waals surface area contributed by atoms with Crippen LogP contribution in [0.15, 0.2) is 0 Å². The standard InChI is InChI=1S/C71H138O17P2/c1-8-10-11-12-13-14-25-30-38-45-52-68(73)82-59-67(88-71(76)55-48-41-34-33-37-44-51-64(7)9-2)61-86-90(79,80)84-57-65(72)56-83-89(77,78)85-60-66(87-70(75)54-47-40-32-27-22-18-16-20-24-29-36-43-50-63(5)6)58-81-69(74)53-46-39-31-26-21-17-15-19-23-28-35-42-49-62(3)4/h62-67,72H,8-61H2,1-7H3,(H,77,78)(H,79,80)/t64?,65-,66-,67-/m1/s1. The van der Waals surface area contributed by atoms with E-state index in [1.165, 1.54) is 167 Å². The Morgan fingerprint density at radius 1 is 0.322 bits per heavy atom. The summed E-state index contributed by atoms with van der Waals surface area (Å²) in [5.74, 6) is 0.152. The Balaban J connectivity index is 5.25. The molecule has 6 atom stereocenters. The summed E-state index contributed by atoms with van der Waals surface area (Å²) in [6.07, 6.45) is 45.8. The lowest BCUT2D eigenvalue weighted by atomic mass is 10.00. The summed E-state index contributed by atoms with van der Waals surface area (Å²) in [6, 6.07) is 0. The summed E-state index contributed by atoms with van der Waals surface area (Å²) in [5, 5.41) is 10.6. The molecule has 0 radical (unpaired) electrons. The van der Waals surface area contributed by atoms with Gasteiger partial charge in [0.1, 0.15) is 19.3 Å². The van der Waals surface area contributed by atoms with Crippen LogP contribution in [0.1, 0.15) is 357 Å². The fourth-order valence-corrected chi connectivity index (χ4v) is 12.3. The quantitative estimate of drug-likeness (QED) is 0.0222. The summed E-state index contributed by atoms with van der Waals surface area (Å²) < 4.78 is 68.3. The van der Waals surface area contributed by atoms with Crippen LogP contribution in [0.3, 0.4) is 0 Å². The van der Waals surface area contributed by atoms with Crippen molar-refractivity contribution in [3.05, 3.63) is 0 Å². The topological polar surface area (TPSA) is 237 Å². The maximum atomic E-state index is 13.0. The van der Waals surface area contributed by atoms with E-state index in [0.29, 0.717) is 25.7 Å². The third-order valence-corrected chi connectivity index (χ3v) is 18.6. The minimum absolute atomic E-state index is 0.103. The predicted molar refractivity (Wildman–Crippen MR) is 363 cm³/mol. The zero-order valence-electron chi connectivity index (χ0n) is 58.6. The SMILES string of the molecule is CCCCCCCCCCCCC(=O)OC[C@H](COP(=O)(O)OC[C@H](O)COP(=O)(O)OC[C@@H](COC(=O)CCCCCCCCCCCCCCC(C)C)OC(=O)CCCCCCCCCCCCCCC(C)C)OC(=O)CCCCCCCCC(C)CC. The third kappa shape index (κ3) is 63.5. The van der Waals surface area contributed by atoms with Gasteiger partial charge in [0.25, 0.3) is 0 Å². The van der Waals surface area contributed by atoms with Gasteiger partial charge in [0.15, 0.2) is 12.2 Å². The van der Waals surface area contributed by atoms with Crippen LogP contribution < -0.4 is 0 Å². The van der Waals surface area contributed by atoms with Gasteiger partial charge in [-0.15, -0.1) is 0 Å². The van der Waals surface area contributed by atoms with E-state index < -0.39 is 97.5 Å². The Morgan fingerprint density at radius 3 is 0.844 bits per heavy atom. The van der Waals surface area contributed by atoms with Gasteiger partial charge in [0, 0.05) is 25.7 Å². The number of phosphoric acid groups is 2. The molecule has 0 rings (SSSR count). The van der Waals surface area contributed by atoms with Crippen molar-refractivity contribution < 1.29 is 80.2 Å². The van der Waals surface area contributed by atoms with Crippen LogP contribution in [-0.2, 0) is 65.4 Å². The van der Waals surface area contributed by atoms with Crippen LogP contribution >= 0.6 is 15.6 Å². The monoisotopic (exact) mass is 1320 g/mol. The highest BCUT2D eigenvalue weighted by Gasteiger charge is 2.30.